The normalized spacial score (nSPS) is 22.8. The monoisotopic (exact) mass is 411 g/mol. The average molecular weight is 412 g/mol. The number of carbonyl (C=O) groups excluding carboxylic acids is 2. The standard InChI is InChI=1S/C22H25N3O3S/c1-22(21(27)23-15-6-3-2-4-7-15)14-24-17-9-10-28-19(17)12-18(24)20(26)25(22)13-16-8-5-11-29-16/h5,8-12,15H,2-4,6-7,13-14H2,1H3,(H,23,27). The Bertz CT molecular complexity index is 1040. The number of nitrogens with one attached hydrogen (secondary N) is 1. The molecule has 29 heavy (non-hydrogen) atoms. The molecule has 0 spiro atoms. The van der Waals surface area contributed by atoms with E-state index in [4.69, 9.17) is 4.42 Å². The number of nitrogens with zero attached hydrogens (tertiary/aromatic N) is 2. The van der Waals surface area contributed by atoms with Crippen molar-refractivity contribution in [1.82, 2.24) is 14.8 Å². The topological polar surface area (TPSA) is 67.5 Å². The summed E-state index contributed by atoms with van der Waals surface area (Å²) in [6.07, 6.45) is 7.19. The molecule has 1 aliphatic carbocycles. The maximum absolute atomic E-state index is 13.5. The third-order valence-corrected chi connectivity index (χ3v) is 7.23. The zero-order valence-electron chi connectivity index (χ0n) is 16.5. The molecule has 0 saturated heterocycles. The Morgan fingerprint density at radius 2 is 2.14 bits per heavy atom. The van der Waals surface area contributed by atoms with Gasteiger partial charge in [-0.15, -0.1) is 11.3 Å². The van der Waals surface area contributed by atoms with Crippen LogP contribution in [-0.4, -0.2) is 32.9 Å². The third-order valence-electron chi connectivity index (χ3n) is 6.37. The van der Waals surface area contributed by atoms with E-state index in [2.05, 4.69) is 5.32 Å². The first-order valence-electron chi connectivity index (χ1n) is 10.3. The second-order valence-corrected chi connectivity index (χ2v) is 9.37. The van der Waals surface area contributed by atoms with Crippen LogP contribution in [0.2, 0.25) is 0 Å². The first-order valence-corrected chi connectivity index (χ1v) is 11.2. The van der Waals surface area contributed by atoms with Crippen LogP contribution in [0.25, 0.3) is 11.1 Å². The van der Waals surface area contributed by atoms with Crippen LogP contribution >= 0.6 is 11.3 Å². The SMILES string of the molecule is CC1(C(=O)NC2CCCCC2)Cn2c(cc3occc32)C(=O)N1Cc1cccs1. The highest BCUT2D eigenvalue weighted by Crippen LogP contribution is 2.34. The summed E-state index contributed by atoms with van der Waals surface area (Å²) in [5.74, 6) is -0.192. The van der Waals surface area contributed by atoms with Crippen LogP contribution in [0.15, 0.2) is 40.3 Å². The van der Waals surface area contributed by atoms with Gasteiger partial charge in [0, 0.05) is 23.1 Å². The molecule has 152 valence electrons. The largest absolute Gasteiger partial charge is 0.463 e. The number of rotatable bonds is 4. The fraction of sp³-hybridized carbons (Fsp3) is 0.455. The quantitative estimate of drug-likeness (QED) is 0.701. The Kier molecular flexibility index (Phi) is 4.50. The summed E-state index contributed by atoms with van der Waals surface area (Å²) < 4.78 is 7.46. The number of amides is 2. The molecule has 1 N–H and O–H groups in total. The van der Waals surface area contributed by atoms with Crippen LogP contribution < -0.4 is 5.32 Å². The van der Waals surface area contributed by atoms with Gasteiger partial charge in [0.15, 0.2) is 5.58 Å². The highest BCUT2D eigenvalue weighted by atomic mass is 32.1. The van der Waals surface area contributed by atoms with Gasteiger partial charge in [-0.25, -0.2) is 0 Å². The van der Waals surface area contributed by atoms with E-state index in [1.54, 1.807) is 28.6 Å². The number of hydrogen-bond acceptors (Lipinski definition) is 4. The van der Waals surface area contributed by atoms with Gasteiger partial charge in [0.1, 0.15) is 11.2 Å². The molecule has 5 rings (SSSR count). The van der Waals surface area contributed by atoms with Crippen molar-refractivity contribution in [2.75, 3.05) is 0 Å². The van der Waals surface area contributed by atoms with Crippen LogP contribution in [0.1, 0.15) is 54.4 Å². The lowest BCUT2D eigenvalue weighted by Crippen LogP contribution is -2.64. The van der Waals surface area contributed by atoms with E-state index in [0.717, 1.165) is 36.1 Å². The molecule has 1 saturated carbocycles. The third kappa shape index (κ3) is 3.08. The summed E-state index contributed by atoms with van der Waals surface area (Å²) in [6, 6.07) is 7.84. The minimum Gasteiger partial charge on any atom is -0.463 e. The van der Waals surface area contributed by atoms with Gasteiger partial charge < -0.3 is 19.2 Å². The number of thiophene rings is 1. The second-order valence-electron chi connectivity index (χ2n) is 8.34. The number of fused-ring (bicyclic) bond motifs is 3. The summed E-state index contributed by atoms with van der Waals surface area (Å²) in [5.41, 5.74) is 1.16. The Labute approximate surface area is 173 Å². The fourth-order valence-electron chi connectivity index (χ4n) is 4.67. The summed E-state index contributed by atoms with van der Waals surface area (Å²) in [7, 11) is 0. The van der Waals surface area contributed by atoms with Gasteiger partial charge in [0.2, 0.25) is 5.91 Å². The molecular formula is C22H25N3O3S. The Hall–Kier alpha value is -2.54. The van der Waals surface area contributed by atoms with Crippen molar-refractivity contribution < 1.29 is 14.0 Å². The van der Waals surface area contributed by atoms with Gasteiger partial charge in [-0.05, 0) is 31.2 Å². The van der Waals surface area contributed by atoms with Gasteiger partial charge >= 0.3 is 0 Å². The van der Waals surface area contributed by atoms with Crippen LogP contribution in [0.3, 0.4) is 0 Å². The molecule has 3 aromatic rings. The van der Waals surface area contributed by atoms with Crippen molar-refractivity contribution in [2.45, 2.75) is 63.7 Å². The minimum atomic E-state index is -0.964. The minimum absolute atomic E-state index is 0.0645. The molecule has 0 aromatic carbocycles. The first kappa shape index (κ1) is 18.5. The van der Waals surface area contributed by atoms with Crippen LogP contribution in [0, 0.1) is 0 Å². The molecule has 3 aromatic heterocycles. The highest BCUT2D eigenvalue weighted by Gasteiger charge is 2.48. The molecular weight excluding hydrogens is 386 g/mol. The fourth-order valence-corrected chi connectivity index (χ4v) is 5.36. The Morgan fingerprint density at radius 1 is 1.31 bits per heavy atom. The summed E-state index contributed by atoms with van der Waals surface area (Å²) >= 11 is 1.60. The second kappa shape index (κ2) is 7.06. The van der Waals surface area contributed by atoms with Crippen molar-refractivity contribution in [3.05, 3.63) is 46.5 Å². The number of carbonyl (C=O) groups is 2. The van der Waals surface area contributed by atoms with Crippen LogP contribution in [-0.2, 0) is 17.9 Å². The molecule has 1 atom stereocenters. The van der Waals surface area contributed by atoms with Gasteiger partial charge in [-0.2, -0.15) is 0 Å². The first-order chi connectivity index (χ1) is 14.1. The molecule has 0 radical (unpaired) electrons. The summed E-state index contributed by atoms with van der Waals surface area (Å²) in [6.45, 7) is 2.74. The molecule has 1 unspecified atom stereocenters. The summed E-state index contributed by atoms with van der Waals surface area (Å²) in [5, 5.41) is 5.26. The Morgan fingerprint density at radius 3 is 2.90 bits per heavy atom. The van der Waals surface area contributed by atoms with E-state index in [1.807, 2.05) is 35.1 Å². The number of furan rings is 1. The number of hydrogen-bond donors (Lipinski definition) is 1. The lowest BCUT2D eigenvalue weighted by Gasteiger charge is -2.44. The molecule has 7 heteroatoms. The molecule has 2 amide bonds. The van der Waals surface area contributed by atoms with E-state index < -0.39 is 5.54 Å². The van der Waals surface area contributed by atoms with Crippen molar-refractivity contribution >= 4 is 34.3 Å². The highest BCUT2D eigenvalue weighted by molar-refractivity contribution is 7.09. The average Bonchev–Trinajstić information content (AvgIpc) is 3.45. The molecule has 1 fully saturated rings. The van der Waals surface area contributed by atoms with Gasteiger partial charge in [-0.3, -0.25) is 9.59 Å². The van der Waals surface area contributed by atoms with Crippen molar-refractivity contribution in [3.63, 3.8) is 0 Å². The van der Waals surface area contributed by atoms with Crippen LogP contribution in [0.5, 0.6) is 0 Å². The zero-order valence-corrected chi connectivity index (χ0v) is 17.3. The molecule has 6 nitrogen and oxygen atoms in total. The molecule has 2 aliphatic rings. The van der Waals surface area contributed by atoms with Crippen molar-refractivity contribution in [1.29, 1.82) is 0 Å². The Balaban J connectivity index is 1.53. The zero-order chi connectivity index (χ0) is 20.0. The smallest absolute Gasteiger partial charge is 0.271 e. The van der Waals surface area contributed by atoms with E-state index in [-0.39, 0.29) is 17.9 Å². The summed E-state index contributed by atoms with van der Waals surface area (Å²) in [4.78, 5) is 29.9. The van der Waals surface area contributed by atoms with Crippen molar-refractivity contribution in [2.24, 2.45) is 0 Å². The molecule has 1 aliphatic heterocycles. The lowest BCUT2D eigenvalue weighted by molar-refractivity contribution is -0.134. The van der Waals surface area contributed by atoms with Gasteiger partial charge in [0.05, 0.1) is 24.9 Å². The predicted molar refractivity (Wildman–Crippen MR) is 112 cm³/mol. The lowest BCUT2D eigenvalue weighted by atomic mass is 9.91. The maximum Gasteiger partial charge on any atom is 0.271 e. The van der Waals surface area contributed by atoms with Gasteiger partial charge in [-0.1, -0.05) is 25.3 Å². The van der Waals surface area contributed by atoms with Crippen molar-refractivity contribution in [3.8, 4) is 0 Å². The number of aromatic nitrogens is 1. The molecule has 4 heterocycles. The predicted octanol–water partition coefficient (Wildman–Crippen LogP) is 4.16. The van der Waals surface area contributed by atoms with Gasteiger partial charge in [0.25, 0.3) is 5.91 Å². The van der Waals surface area contributed by atoms with E-state index in [0.29, 0.717) is 24.4 Å². The van der Waals surface area contributed by atoms with E-state index in [1.165, 1.54) is 6.42 Å². The van der Waals surface area contributed by atoms with Crippen LogP contribution in [0.4, 0.5) is 0 Å². The maximum atomic E-state index is 13.5. The van der Waals surface area contributed by atoms with E-state index in [9.17, 15) is 9.59 Å². The van der Waals surface area contributed by atoms with E-state index >= 15 is 0 Å². The molecule has 0 bridgehead atoms.